The number of carbonyl (C=O) groups is 1. The lowest BCUT2D eigenvalue weighted by molar-refractivity contribution is -0.123. The van der Waals surface area contributed by atoms with Crippen molar-refractivity contribution >= 4 is 33.2 Å². The smallest absolute Gasteiger partial charge is 0.261 e. The summed E-state index contributed by atoms with van der Waals surface area (Å²) in [5.74, 6) is 0.521. The average molecular weight is 479 g/mol. The quantitative estimate of drug-likeness (QED) is 0.410. The molecule has 0 saturated heterocycles. The maximum absolute atomic E-state index is 12.6. The second-order valence-electron chi connectivity index (χ2n) is 6.72. The Bertz CT molecular complexity index is 1140. The summed E-state index contributed by atoms with van der Waals surface area (Å²) in [5.41, 5.74) is 0.381. The van der Waals surface area contributed by atoms with Crippen LogP contribution in [0.4, 0.5) is 5.69 Å². The molecule has 1 heterocycles. The lowest BCUT2D eigenvalue weighted by atomic mass is 10.3. The van der Waals surface area contributed by atoms with Gasteiger partial charge >= 0.3 is 0 Å². The molecule has 0 spiro atoms. The SMILES string of the molecule is COc1ccc(NS(=O)(=O)c2ccc(OCC(=O)NCCCn3ccnc3)c(Cl)c2)cc1. The second kappa shape index (κ2) is 10.9. The Hall–Kier alpha value is -3.24. The molecule has 0 saturated carbocycles. The van der Waals surface area contributed by atoms with E-state index in [4.69, 9.17) is 21.1 Å². The van der Waals surface area contributed by atoms with E-state index in [9.17, 15) is 13.2 Å². The number of aryl methyl sites for hydroxylation is 1. The lowest BCUT2D eigenvalue weighted by Gasteiger charge is -2.12. The maximum atomic E-state index is 12.6. The topological polar surface area (TPSA) is 112 Å². The molecular formula is C21H23ClN4O5S. The van der Waals surface area contributed by atoms with Gasteiger partial charge in [0, 0.05) is 31.2 Å². The summed E-state index contributed by atoms with van der Waals surface area (Å²) >= 11 is 6.17. The van der Waals surface area contributed by atoms with Crippen molar-refractivity contribution in [3.63, 3.8) is 0 Å². The molecule has 0 aliphatic rings. The summed E-state index contributed by atoms with van der Waals surface area (Å²) < 4.78 is 40.1. The van der Waals surface area contributed by atoms with E-state index in [0.29, 0.717) is 18.0 Å². The molecule has 170 valence electrons. The minimum absolute atomic E-state index is 0.0328. The Balaban J connectivity index is 1.50. The molecule has 32 heavy (non-hydrogen) atoms. The molecule has 0 unspecified atom stereocenters. The molecule has 0 atom stereocenters. The molecule has 0 bridgehead atoms. The van der Waals surface area contributed by atoms with Gasteiger partial charge in [-0.25, -0.2) is 13.4 Å². The van der Waals surface area contributed by atoms with Crippen LogP contribution in [0.25, 0.3) is 0 Å². The molecule has 2 aromatic carbocycles. The lowest BCUT2D eigenvalue weighted by Crippen LogP contribution is -2.30. The summed E-state index contributed by atoms with van der Waals surface area (Å²) in [6.07, 6.45) is 6.01. The van der Waals surface area contributed by atoms with Crippen LogP contribution >= 0.6 is 11.6 Å². The minimum Gasteiger partial charge on any atom is -0.497 e. The first-order valence-electron chi connectivity index (χ1n) is 9.69. The van der Waals surface area contributed by atoms with E-state index in [0.717, 1.165) is 13.0 Å². The molecule has 0 radical (unpaired) electrons. The number of amides is 1. The number of hydrogen-bond acceptors (Lipinski definition) is 6. The molecule has 0 aliphatic heterocycles. The highest BCUT2D eigenvalue weighted by Crippen LogP contribution is 2.28. The van der Waals surface area contributed by atoms with E-state index in [2.05, 4.69) is 15.0 Å². The van der Waals surface area contributed by atoms with Crippen molar-refractivity contribution in [2.75, 3.05) is 25.0 Å². The third-order valence-corrected chi connectivity index (χ3v) is 6.06. The first-order valence-corrected chi connectivity index (χ1v) is 11.5. The Morgan fingerprint density at radius 2 is 1.97 bits per heavy atom. The van der Waals surface area contributed by atoms with Crippen LogP contribution in [-0.4, -0.2) is 44.1 Å². The van der Waals surface area contributed by atoms with Gasteiger partial charge in [0.05, 0.1) is 23.4 Å². The van der Waals surface area contributed by atoms with Gasteiger partial charge in [-0.15, -0.1) is 0 Å². The van der Waals surface area contributed by atoms with Crippen LogP contribution in [0.2, 0.25) is 5.02 Å². The summed E-state index contributed by atoms with van der Waals surface area (Å²) in [4.78, 5) is 15.9. The Labute approximate surface area is 191 Å². The summed E-state index contributed by atoms with van der Waals surface area (Å²) in [6.45, 7) is 0.997. The fourth-order valence-corrected chi connectivity index (χ4v) is 4.13. The van der Waals surface area contributed by atoms with Gasteiger partial charge in [0.25, 0.3) is 15.9 Å². The largest absolute Gasteiger partial charge is 0.497 e. The van der Waals surface area contributed by atoms with Crippen LogP contribution in [0.5, 0.6) is 11.5 Å². The number of hydrogen-bond donors (Lipinski definition) is 2. The van der Waals surface area contributed by atoms with Crippen molar-refractivity contribution < 1.29 is 22.7 Å². The second-order valence-corrected chi connectivity index (χ2v) is 8.81. The van der Waals surface area contributed by atoms with Gasteiger partial charge in [-0.05, 0) is 48.9 Å². The summed E-state index contributed by atoms with van der Waals surface area (Å²) in [5, 5.41) is 2.83. The first kappa shape index (κ1) is 23.4. The third-order valence-electron chi connectivity index (χ3n) is 4.39. The number of nitrogens with zero attached hydrogens (tertiary/aromatic N) is 2. The zero-order valence-corrected chi connectivity index (χ0v) is 18.9. The van der Waals surface area contributed by atoms with E-state index in [1.54, 1.807) is 36.8 Å². The Kier molecular flexibility index (Phi) is 7.96. The summed E-state index contributed by atoms with van der Waals surface area (Å²) in [7, 11) is -2.33. The number of anilines is 1. The molecule has 3 rings (SSSR count). The van der Waals surface area contributed by atoms with E-state index in [-0.39, 0.29) is 28.2 Å². The molecule has 2 N–H and O–H groups in total. The fourth-order valence-electron chi connectivity index (χ4n) is 2.74. The summed E-state index contributed by atoms with van der Waals surface area (Å²) in [6, 6.07) is 10.5. The zero-order valence-electron chi connectivity index (χ0n) is 17.3. The third kappa shape index (κ3) is 6.63. The zero-order chi connectivity index (χ0) is 23.0. The fraction of sp³-hybridized carbons (Fsp3) is 0.238. The van der Waals surface area contributed by atoms with Gasteiger partial charge in [0.2, 0.25) is 0 Å². The number of nitrogens with one attached hydrogen (secondary N) is 2. The van der Waals surface area contributed by atoms with Crippen LogP contribution in [0.15, 0.2) is 66.1 Å². The van der Waals surface area contributed by atoms with Crippen LogP contribution in [0, 0.1) is 0 Å². The standard InChI is InChI=1S/C21H23ClN4O5S/c1-30-17-5-3-16(4-6-17)25-32(28,29)18-7-8-20(19(22)13-18)31-14-21(27)24-9-2-11-26-12-10-23-15-26/h3-8,10,12-13,15,25H,2,9,11,14H2,1H3,(H,24,27). The average Bonchev–Trinajstić information content (AvgIpc) is 3.30. The maximum Gasteiger partial charge on any atom is 0.261 e. The highest BCUT2D eigenvalue weighted by molar-refractivity contribution is 7.92. The van der Waals surface area contributed by atoms with Gasteiger partial charge in [-0.3, -0.25) is 9.52 Å². The number of halogens is 1. The number of rotatable bonds is 11. The van der Waals surface area contributed by atoms with Gasteiger partial charge in [-0.2, -0.15) is 0 Å². The van der Waals surface area contributed by atoms with Gasteiger partial charge in [-0.1, -0.05) is 11.6 Å². The van der Waals surface area contributed by atoms with Gasteiger partial charge < -0.3 is 19.4 Å². The van der Waals surface area contributed by atoms with Crippen molar-refractivity contribution in [1.29, 1.82) is 0 Å². The van der Waals surface area contributed by atoms with Gasteiger partial charge in [0.15, 0.2) is 6.61 Å². The van der Waals surface area contributed by atoms with E-state index in [1.807, 2.05) is 10.8 Å². The highest BCUT2D eigenvalue weighted by Gasteiger charge is 2.17. The number of sulfonamides is 1. The Morgan fingerprint density at radius 3 is 2.62 bits per heavy atom. The van der Waals surface area contributed by atoms with E-state index >= 15 is 0 Å². The normalized spacial score (nSPS) is 11.1. The Morgan fingerprint density at radius 1 is 1.19 bits per heavy atom. The monoisotopic (exact) mass is 478 g/mol. The van der Waals surface area contributed by atoms with E-state index < -0.39 is 10.0 Å². The van der Waals surface area contributed by atoms with Crippen LogP contribution < -0.4 is 19.5 Å². The molecule has 1 aromatic heterocycles. The number of carbonyl (C=O) groups excluding carboxylic acids is 1. The minimum atomic E-state index is -3.85. The number of methoxy groups -OCH3 is 1. The number of ether oxygens (including phenoxy) is 2. The van der Waals surface area contributed by atoms with Crippen LogP contribution in [0.3, 0.4) is 0 Å². The van der Waals surface area contributed by atoms with Crippen molar-refractivity contribution in [3.8, 4) is 11.5 Å². The highest BCUT2D eigenvalue weighted by atomic mass is 35.5. The molecule has 11 heteroatoms. The molecule has 0 fully saturated rings. The molecule has 9 nitrogen and oxygen atoms in total. The van der Waals surface area contributed by atoms with Crippen molar-refractivity contribution in [3.05, 3.63) is 66.2 Å². The predicted octanol–water partition coefficient (Wildman–Crippen LogP) is 2.93. The van der Waals surface area contributed by atoms with Crippen molar-refractivity contribution in [2.45, 2.75) is 17.9 Å². The molecule has 3 aromatic rings. The predicted molar refractivity (Wildman–Crippen MR) is 121 cm³/mol. The van der Waals surface area contributed by atoms with E-state index in [1.165, 1.54) is 25.3 Å². The number of aromatic nitrogens is 2. The first-order chi connectivity index (χ1) is 15.4. The van der Waals surface area contributed by atoms with Crippen LogP contribution in [0.1, 0.15) is 6.42 Å². The molecule has 1 amide bonds. The van der Waals surface area contributed by atoms with Crippen molar-refractivity contribution in [2.24, 2.45) is 0 Å². The molecule has 0 aliphatic carbocycles. The van der Waals surface area contributed by atoms with Crippen LogP contribution in [-0.2, 0) is 21.4 Å². The number of imidazole rings is 1. The molecular weight excluding hydrogens is 456 g/mol. The number of benzene rings is 2. The van der Waals surface area contributed by atoms with Crippen molar-refractivity contribution in [1.82, 2.24) is 14.9 Å². The van der Waals surface area contributed by atoms with Gasteiger partial charge in [0.1, 0.15) is 11.5 Å².